The molecule has 0 aliphatic heterocycles. The van der Waals surface area contributed by atoms with Gasteiger partial charge in [-0.1, -0.05) is 6.07 Å². The minimum Gasteiger partial charge on any atom is -0.493 e. The molecule has 0 radical (unpaired) electrons. The molecule has 5 nitrogen and oxygen atoms in total. The van der Waals surface area contributed by atoms with E-state index in [2.05, 4.69) is 6.07 Å². The van der Waals surface area contributed by atoms with Crippen LogP contribution in [-0.2, 0) is 15.0 Å². The summed E-state index contributed by atoms with van der Waals surface area (Å²) >= 11 is 0. The van der Waals surface area contributed by atoms with Crippen LogP contribution < -0.4 is 9.47 Å². The van der Waals surface area contributed by atoms with Gasteiger partial charge in [-0.3, -0.25) is 0 Å². The van der Waals surface area contributed by atoms with Crippen molar-refractivity contribution in [2.45, 2.75) is 62.9 Å². The fourth-order valence-electron chi connectivity index (χ4n) is 4.75. The summed E-state index contributed by atoms with van der Waals surface area (Å²) in [4.78, 5) is 22.1. The molecule has 27 heavy (non-hydrogen) atoms. The number of hydrogen-bond donors (Lipinski definition) is 0. The Bertz CT molecular complexity index is 700. The standard InChI is InChI=1S/C22H27NO4/c1-26-20-7-6-18(12-21(20)27-19-4-2-3-5-19)22(15-23)13-16(8-10-24)17(14-22)9-11-25/h6-7,10-12,16-17,19H,2-5,8-9,13-14H2,1H3. The lowest BCUT2D eigenvalue weighted by atomic mass is 9.79. The van der Waals surface area contributed by atoms with Crippen LogP contribution in [0.3, 0.4) is 0 Å². The molecule has 2 saturated carbocycles. The second-order valence-corrected chi connectivity index (χ2v) is 7.82. The lowest BCUT2D eigenvalue weighted by Gasteiger charge is -2.24. The number of nitriles is 1. The number of methoxy groups -OCH3 is 1. The van der Waals surface area contributed by atoms with Crippen LogP contribution in [0.2, 0.25) is 0 Å². The molecule has 2 fully saturated rings. The molecule has 2 atom stereocenters. The summed E-state index contributed by atoms with van der Waals surface area (Å²) in [5.74, 6) is 1.48. The molecule has 2 aliphatic carbocycles. The molecule has 1 aromatic carbocycles. The summed E-state index contributed by atoms with van der Waals surface area (Å²) in [7, 11) is 1.62. The second-order valence-electron chi connectivity index (χ2n) is 7.82. The van der Waals surface area contributed by atoms with Gasteiger partial charge in [0.2, 0.25) is 0 Å². The number of nitrogens with zero attached hydrogens (tertiary/aromatic N) is 1. The van der Waals surface area contributed by atoms with Gasteiger partial charge in [0.25, 0.3) is 0 Å². The summed E-state index contributed by atoms with van der Waals surface area (Å²) in [5, 5.41) is 10.0. The largest absolute Gasteiger partial charge is 0.493 e. The monoisotopic (exact) mass is 369 g/mol. The summed E-state index contributed by atoms with van der Waals surface area (Å²) in [6.07, 6.45) is 8.40. The topological polar surface area (TPSA) is 76.4 Å². The van der Waals surface area contributed by atoms with Crippen LogP contribution >= 0.6 is 0 Å². The highest BCUT2D eigenvalue weighted by Crippen LogP contribution is 2.50. The van der Waals surface area contributed by atoms with E-state index in [4.69, 9.17) is 9.47 Å². The number of hydrogen-bond acceptors (Lipinski definition) is 5. The Hall–Kier alpha value is -2.35. The Morgan fingerprint density at radius 3 is 2.26 bits per heavy atom. The molecular weight excluding hydrogens is 342 g/mol. The quantitative estimate of drug-likeness (QED) is 0.648. The van der Waals surface area contributed by atoms with Crippen molar-refractivity contribution in [1.82, 2.24) is 0 Å². The molecule has 2 unspecified atom stereocenters. The molecule has 0 saturated heterocycles. The Morgan fingerprint density at radius 1 is 1.11 bits per heavy atom. The van der Waals surface area contributed by atoms with Crippen LogP contribution in [0.4, 0.5) is 0 Å². The van der Waals surface area contributed by atoms with Crippen LogP contribution in [0.25, 0.3) is 0 Å². The van der Waals surface area contributed by atoms with Crippen molar-refractivity contribution in [3.05, 3.63) is 23.8 Å². The summed E-state index contributed by atoms with van der Waals surface area (Å²) in [6, 6.07) is 8.22. The first-order valence-electron chi connectivity index (χ1n) is 9.79. The maximum Gasteiger partial charge on any atom is 0.161 e. The molecule has 0 N–H and O–H groups in total. The van der Waals surface area contributed by atoms with Crippen LogP contribution in [-0.4, -0.2) is 25.8 Å². The van der Waals surface area contributed by atoms with Gasteiger partial charge in [0, 0.05) is 12.8 Å². The zero-order valence-corrected chi connectivity index (χ0v) is 15.9. The fourth-order valence-corrected chi connectivity index (χ4v) is 4.75. The Labute approximate surface area is 160 Å². The lowest BCUT2D eigenvalue weighted by Crippen LogP contribution is -2.21. The predicted octanol–water partition coefficient (Wildman–Crippen LogP) is 3.98. The van der Waals surface area contributed by atoms with Gasteiger partial charge in [-0.2, -0.15) is 5.26 Å². The number of ether oxygens (including phenoxy) is 2. The normalized spacial score (nSPS) is 27.9. The molecule has 1 aromatic rings. The number of rotatable bonds is 8. The van der Waals surface area contributed by atoms with E-state index in [1.165, 1.54) is 12.8 Å². The third-order valence-electron chi connectivity index (χ3n) is 6.21. The van der Waals surface area contributed by atoms with E-state index in [0.29, 0.717) is 37.2 Å². The summed E-state index contributed by atoms with van der Waals surface area (Å²) in [5.41, 5.74) is 0.199. The molecular formula is C22H27NO4. The Balaban J connectivity index is 1.91. The van der Waals surface area contributed by atoms with E-state index in [9.17, 15) is 14.9 Å². The van der Waals surface area contributed by atoms with Gasteiger partial charge < -0.3 is 19.1 Å². The molecule has 144 valence electrons. The van der Waals surface area contributed by atoms with Crippen LogP contribution in [0, 0.1) is 23.2 Å². The number of benzene rings is 1. The van der Waals surface area contributed by atoms with Crippen molar-refractivity contribution in [3.63, 3.8) is 0 Å². The Morgan fingerprint density at radius 2 is 1.74 bits per heavy atom. The first-order chi connectivity index (χ1) is 13.2. The zero-order chi connectivity index (χ0) is 19.3. The number of aldehydes is 2. The second kappa shape index (κ2) is 8.56. The predicted molar refractivity (Wildman–Crippen MR) is 101 cm³/mol. The van der Waals surface area contributed by atoms with Crippen LogP contribution in [0.1, 0.15) is 56.9 Å². The highest BCUT2D eigenvalue weighted by atomic mass is 16.5. The average Bonchev–Trinajstić information content (AvgIpc) is 3.31. The van der Waals surface area contributed by atoms with Gasteiger partial charge in [0.15, 0.2) is 11.5 Å². The molecule has 0 aromatic heterocycles. The summed E-state index contributed by atoms with van der Waals surface area (Å²) < 4.78 is 11.6. The Kier molecular flexibility index (Phi) is 6.15. The summed E-state index contributed by atoms with van der Waals surface area (Å²) in [6.45, 7) is 0. The van der Waals surface area contributed by atoms with E-state index in [0.717, 1.165) is 31.0 Å². The van der Waals surface area contributed by atoms with Crippen molar-refractivity contribution < 1.29 is 19.1 Å². The maximum atomic E-state index is 11.1. The molecule has 0 amide bonds. The lowest BCUT2D eigenvalue weighted by molar-refractivity contribution is -0.111. The van der Waals surface area contributed by atoms with E-state index < -0.39 is 5.41 Å². The van der Waals surface area contributed by atoms with Gasteiger partial charge in [0.05, 0.1) is 24.7 Å². The SMILES string of the molecule is COc1ccc(C2(C#N)CC(CC=O)C(CC=O)C2)cc1OC1CCCC1. The molecule has 0 spiro atoms. The third kappa shape index (κ3) is 4.00. The van der Waals surface area contributed by atoms with E-state index in [1.54, 1.807) is 7.11 Å². The molecule has 0 heterocycles. The molecule has 0 bridgehead atoms. The van der Waals surface area contributed by atoms with Gasteiger partial charge >= 0.3 is 0 Å². The minimum atomic E-state index is -0.693. The number of carbonyl (C=O) groups is 2. The van der Waals surface area contributed by atoms with Gasteiger partial charge in [0.1, 0.15) is 12.6 Å². The average molecular weight is 369 g/mol. The molecule has 3 rings (SSSR count). The van der Waals surface area contributed by atoms with Crippen molar-refractivity contribution in [2.75, 3.05) is 7.11 Å². The first kappa shape index (κ1) is 19.4. The van der Waals surface area contributed by atoms with E-state index in [1.807, 2.05) is 18.2 Å². The maximum absolute atomic E-state index is 11.1. The first-order valence-corrected chi connectivity index (χ1v) is 9.79. The minimum absolute atomic E-state index is 0.0636. The van der Waals surface area contributed by atoms with E-state index in [-0.39, 0.29) is 17.9 Å². The van der Waals surface area contributed by atoms with Gasteiger partial charge in [-0.25, -0.2) is 0 Å². The van der Waals surface area contributed by atoms with Gasteiger partial charge in [-0.05, 0) is 68.1 Å². The van der Waals surface area contributed by atoms with Crippen LogP contribution in [0.15, 0.2) is 18.2 Å². The van der Waals surface area contributed by atoms with Crippen LogP contribution in [0.5, 0.6) is 11.5 Å². The van der Waals surface area contributed by atoms with Crippen molar-refractivity contribution >= 4 is 12.6 Å². The highest BCUT2D eigenvalue weighted by molar-refractivity contribution is 5.54. The van der Waals surface area contributed by atoms with Gasteiger partial charge in [-0.15, -0.1) is 0 Å². The molecule has 5 heteroatoms. The van der Waals surface area contributed by atoms with Crippen molar-refractivity contribution in [2.24, 2.45) is 11.8 Å². The van der Waals surface area contributed by atoms with Crippen molar-refractivity contribution in [3.8, 4) is 17.6 Å². The van der Waals surface area contributed by atoms with Crippen molar-refractivity contribution in [1.29, 1.82) is 5.26 Å². The fraction of sp³-hybridized carbons (Fsp3) is 0.591. The zero-order valence-electron chi connectivity index (χ0n) is 15.9. The smallest absolute Gasteiger partial charge is 0.161 e. The molecule has 2 aliphatic rings. The third-order valence-corrected chi connectivity index (χ3v) is 6.21. The highest BCUT2D eigenvalue weighted by Gasteiger charge is 2.46. The van der Waals surface area contributed by atoms with E-state index >= 15 is 0 Å². The number of carbonyl (C=O) groups excluding carboxylic acids is 2.